The Bertz CT molecular complexity index is 1490. The van der Waals surface area contributed by atoms with E-state index in [0.717, 1.165) is 0 Å². The molecule has 2 bridgehead atoms. The van der Waals surface area contributed by atoms with Gasteiger partial charge in [0, 0.05) is 58.2 Å². The number of piperazine rings is 1. The van der Waals surface area contributed by atoms with Crippen molar-refractivity contribution in [2.24, 2.45) is 0 Å². The van der Waals surface area contributed by atoms with Crippen LogP contribution < -0.4 is 0 Å². The first-order chi connectivity index (χ1) is 20.4. The van der Waals surface area contributed by atoms with E-state index in [1.807, 2.05) is 23.8 Å². The van der Waals surface area contributed by atoms with Gasteiger partial charge in [-0.25, -0.2) is 4.79 Å². The van der Waals surface area contributed by atoms with Crippen LogP contribution in [0.5, 0.6) is 0 Å². The highest BCUT2D eigenvalue weighted by Crippen LogP contribution is 2.47. The smallest absolute Gasteiger partial charge is 0.333 e. The third-order valence-corrected chi connectivity index (χ3v) is 9.51. The van der Waals surface area contributed by atoms with Crippen molar-refractivity contribution in [1.29, 1.82) is 0 Å². The summed E-state index contributed by atoms with van der Waals surface area (Å²) in [7, 11) is 4.59. The van der Waals surface area contributed by atoms with Crippen molar-refractivity contribution in [3.8, 4) is 0 Å². The topological polar surface area (TPSA) is 129 Å². The number of esters is 1. The van der Waals surface area contributed by atoms with Crippen molar-refractivity contribution < 1.29 is 42.9 Å². The minimum Gasteiger partial charge on any atom is -0.492 e. The molecule has 0 unspecified atom stereocenters. The maximum Gasteiger partial charge on any atom is 0.333 e. The number of ketones is 4. The third-order valence-electron chi connectivity index (χ3n) is 9.51. The molecule has 0 spiro atoms. The van der Waals surface area contributed by atoms with E-state index in [2.05, 4.69) is 0 Å². The molecule has 5 rings (SSSR count). The zero-order valence-corrected chi connectivity index (χ0v) is 25.9. The van der Waals surface area contributed by atoms with Gasteiger partial charge in [-0.1, -0.05) is 6.08 Å². The van der Waals surface area contributed by atoms with E-state index in [-0.39, 0.29) is 64.4 Å². The van der Waals surface area contributed by atoms with Crippen LogP contribution in [0, 0.1) is 0 Å². The molecule has 3 heterocycles. The molecule has 11 nitrogen and oxygen atoms in total. The number of rotatable bonds is 7. The van der Waals surface area contributed by atoms with E-state index < -0.39 is 41.8 Å². The van der Waals surface area contributed by atoms with Gasteiger partial charge >= 0.3 is 5.97 Å². The Morgan fingerprint density at radius 3 is 2.09 bits per heavy atom. The van der Waals surface area contributed by atoms with Crippen LogP contribution in [0.15, 0.2) is 56.6 Å². The Hall–Kier alpha value is -3.67. The number of carbonyl (C=O) groups excluding carboxylic acids is 5. The van der Waals surface area contributed by atoms with Gasteiger partial charge in [-0.3, -0.25) is 29.0 Å². The Labute approximate surface area is 250 Å². The molecule has 0 saturated carbocycles. The second-order valence-electron chi connectivity index (χ2n) is 11.5. The van der Waals surface area contributed by atoms with Crippen molar-refractivity contribution in [1.82, 2.24) is 9.80 Å². The van der Waals surface area contributed by atoms with E-state index in [9.17, 15) is 24.0 Å². The molecule has 5 atom stereocenters. The quantitative estimate of drug-likeness (QED) is 0.243. The van der Waals surface area contributed by atoms with Crippen LogP contribution in [-0.2, 0) is 42.9 Å². The molecule has 0 aromatic carbocycles. The zero-order valence-electron chi connectivity index (χ0n) is 25.9. The van der Waals surface area contributed by atoms with Crippen molar-refractivity contribution in [3.05, 3.63) is 56.6 Å². The van der Waals surface area contributed by atoms with Crippen LogP contribution in [0.1, 0.15) is 41.0 Å². The summed E-state index contributed by atoms with van der Waals surface area (Å²) in [6.45, 7) is 8.75. The first-order valence-corrected chi connectivity index (χ1v) is 14.5. The van der Waals surface area contributed by atoms with E-state index in [0.29, 0.717) is 29.9 Å². The fraction of sp³-hybridized carbons (Fsp3) is 0.531. The van der Waals surface area contributed by atoms with Gasteiger partial charge in [-0.05, 0) is 48.1 Å². The van der Waals surface area contributed by atoms with Gasteiger partial charge in [0.05, 0.1) is 32.3 Å². The lowest BCUT2D eigenvalue weighted by Gasteiger charge is -2.59. The fourth-order valence-corrected chi connectivity index (χ4v) is 7.29. The normalized spacial score (nSPS) is 30.0. The number of ether oxygens (including phenoxy) is 4. The lowest BCUT2D eigenvalue weighted by atomic mass is 9.68. The lowest BCUT2D eigenvalue weighted by Crippen LogP contribution is -2.73. The van der Waals surface area contributed by atoms with E-state index in [1.54, 1.807) is 33.8 Å². The molecule has 3 aliphatic heterocycles. The van der Waals surface area contributed by atoms with Gasteiger partial charge in [0.1, 0.15) is 12.7 Å². The van der Waals surface area contributed by atoms with Crippen LogP contribution >= 0.6 is 0 Å². The lowest BCUT2D eigenvalue weighted by molar-refractivity contribution is -0.144. The summed E-state index contributed by atoms with van der Waals surface area (Å²) in [5.74, 6) is -2.03. The van der Waals surface area contributed by atoms with Crippen LogP contribution in [0.2, 0.25) is 0 Å². The number of hydrogen-bond donors (Lipinski definition) is 0. The van der Waals surface area contributed by atoms with Gasteiger partial charge < -0.3 is 18.9 Å². The molecule has 0 aromatic rings. The van der Waals surface area contributed by atoms with Crippen molar-refractivity contribution >= 4 is 29.1 Å². The molecule has 1 fully saturated rings. The molecule has 0 N–H and O–H groups in total. The highest BCUT2D eigenvalue weighted by atomic mass is 16.5. The number of carbonyl (C=O) groups is 5. The van der Waals surface area contributed by atoms with E-state index >= 15 is 0 Å². The summed E-state index contributed by atoms with van der Waals surface area (Å²) in [6, 6.07) is -2.30. The zero-order chi connectivity index (χ0) is 31.5. The molecule has 11 heteroatoms. The number of allylic oxidation sites excluding steroid dienone is 5. The monoisotopic (exact) mass is 594 g/mol. The molecule has 0 aromatic heterocycles. The van der Waals surface area contributed by atoms with Gasteiger partial charge in [0.25, 0.3) is 0 Å². The molecule has 230 valence electrons. The third kappa shape index (κ3) is 4.47. The van der Waals surface area contributed by atoms with E-state index in [4.69, 9.17) is 18.9 Å². The Kier molecular flexibility index (Phi) is 8.19. The van der Waals surface area contributed by atoms with Gasteiger partial charge in [-0.15, -0.1) is 0 Å². The van der Waals surface area contributed by atoms with Crippen LogP contribution in [0.4, 0.5) is 0 Å². The SMILES string of the molecule is C/C=C(/C)C(=O)OC[C@H]1C2=C(C[C@@H]3[C@@H]4C5=C(C(=O)C(C)=C(OC)C5=O)[C@@H](OCC)[C@@H](CN31)N4C)C(=O)C(C)=C(OC)C2=O. The first-order valence-electron chi connectivity index (χ1n) is 14.5. The highest BCUT2D eigenvalue weighted by molar-refractivity contribution is 6.26. The molecule has 0 radical (unpaired) electrons. The summed E-state index contributed by atoms with van der Waals surface area (Å²) >= 11 is 0. The Morgan fingerprint density at radius 2 is 1.51 bits per heavy atom. The maximum atomic E-state index is 14.0. The van der Waals surface area contributed by atoms with Crippen LogP contribution in [0.25, 0.3) is 0 Å². The number of likely N-dealkylation sites (N-methyl/N-ethyl adjacent to an activating group) is 1. The molecule has 0 amide bonds. The fourth-order valence-electron chi connectivity index (χ4n) is 7.29. The highest BCUT2D eigenvalue weighted by Gasteiger charge is 2.59. The molecule has 2 aliphatic carbocycles. The predicted molar refractivity (Wildman–Crippen MR) is 154 cm³/mol. The maximum absolute atomic E-state index is 14.0. The average Bonchev–Trinajstić information content (AvgIpc) is 2.98. The van der Waals surface area contributed by atoms with Gasteiger partial charge in [-0.2, -0.15) is 0 Å². The Balaban J connectivity index is 1.69. The first kappa shape index (κ1) is 30.8. The minimum atomic E-state index is -0.797. The van der Waals surface area contributed by atoms with Gasteiger partial charge in [0.15, 0.2) is 23.1 Å². The van der Waals surface area contributed by atoms with Crippen molar-refractivity contribution in [2.45, 2.75) is 71.3 Å². The van der Waals surface area contributed by atoms with Crippen molar-refractivity contribution in [2.75, 3.05) is 41.0 Å². The van der Waals surface area contributed by atoms with Crippen molar-refractivity contribution in [3.63, 3.8) is 0 Å². The molecule has 5 aliphatic rings. The second-order valence-corrected chi connectivity index (χ2v) is 11.5. The minimum absolute atomic E-state index is 0.0153. The summed E-state index contributed by atoms with van der Waals surface area (Å²) in [5, 5.41) is 0. The number of methoxy groups -OCH3 is 2. The second kappa shape index (κ2) is 11.4. The largest absolute Gasteiger partial charge is 0.492 e. The number of hydrogen-bond acceptors (Lipinski definition) is 11. The van der Waals surface area contributed by atoms with Crippen LogP contribution in [-0.4, -0.2) is 110 Å². The average molecular weight is 595 g/mol. The summed E-state index contributed by atoms with van der Waals surface area (Å²) in [4.78, 5) is 72.2. The van der Waals surface area contributed by atoms with E-state index in [1.165, 1.54) is 14.2 Å². The molecule has 43 heavy (non-hydrogen) atoms. The summed E-state index contributed by atoms with van der Waals surface area (Å²) < 4.78 is 22.7. The van der Waals surface area contributed by atoms with Gasteiger partial charge in [0.2, 0.25) is 11.6 Å². The summed E-state index contributed by atoms with van der Waals surface area (Å²) in [6.07, 6.45) is 1.06. The molecule has 1 saturated heterocycles. The molecular weight excluding hydrogens is 556 g/mol. The van der Waals surface area contributed by atoms with Crippen LogP contribution in [0.3, 0.4) is 0 Å². The number of Topliss-reactive ketones (excluding diaryl/α,β-unsaturated/α-hetero) is 4. The summed E-state index contributed by atoms with van der Waals surface area (Å²) in [5.41, 5.74) is 1.99. The molecular formula is C32H38N2O9. The number of fused-ring (bicyclic) bond motifs is 5. The predicted octanol–water partition coefficient (Wildman–Crippen LogP) is 1.78. The Morgan fingerprint density at radius 1 is 0.907 bits per heavy atom. The number of nitrogens with zero attached hydrogens (tertiary/aromatic N) is 2. The standard InChI is InChI=1S/C32H38N2O9/c1-9-14(3)32(39)43-13-20-21-17(25(35)15(4)29(40-7)27(21)37)11-18-24-22-23(26(36)16(5)30(41-8)28(22)38)31(42-10-2)19(33(24)6)12-34(18)20/h9,18-20,24,31H,10-13H2,1-8H3/b14-9-/t18-,19-,20+,24-,31+/m1/s1.